The lowest BCUT2D eigenvalue weighted by molar-refractivity contribution is 0.238. The third-order valence-corrected chi connectivity index (χ3v) is 4.64. The highest BCUT2D eigenvalue weighted by molar-refractivity contribution is 9.10. The molecule has 0 aliphatic carbocycles. The van der Waals surface area contributed by atoms with Crippen molar-refractivity contribution in [3.8, 4) is 0 Å². The van der Waals surface area contributed by atoms with Crippen molar-refractivity contribution >= 4 is 27.3 Å². The van der Waals surface area contributed by atoms with E-state index in [1.54, 1.807) is 11.3 Å². The predicted octanol–water partition coefficient (Wildman–Crippen LogP) is 2.60. The van der Waals surface area contributed by atoms with Gasteiger partial charge in [-0.25, -0.2) is 0 Å². The minimum absolute atomic E-state index is 0.294. The van der Waals surface area contributed by atoms with Gasteiger partial charge in [0, 0.05) is 27.9 Å². The molecule has 98 valence electrons. The third-order valence-electron chi connectivity index (χ3n) is 2.84. The second kappa shape index (κ2) is 8.21. The molecule has 0 aliphatic heterocycles. The summed E-state index contributed by atoms with van der Waals surface area (Å²) in [6.45, 7) is 1.96. The van der Waals surface area contributed by atoms with E-state index in [9.17, 15) is 0 Å². The van der Waals surface area contributed by atoms with Crippen molar-refractivity contribution in [3.63, 3.8) is 0 Å². The molecule has 17 heavy (non-hydrogen) atoms. The van der Waals surface area contributed by atoms with Crippen molar-refractivity contribution in [2.45, 2.75) is 25.3 Å². The van der Waals surface area contributed by atoms with E-state index in [2.05, 4.69) is 39.3 Å². The maximum atomic E-state index is 8.73. The third kappa shape index (κ3) is 5.06. The van der Waals surface area contributed by atoms with Gasteiger partial charge in [-0.2, -0.15) is 0 Å². The largest absolute Gasteiger partial charge is 0.396 e. The number of unbranched alkanes of at least 4 members (excludes halogenated alkanes) is 2. The molecule has 0 radical (unpaired) electrons. The van der Waals surface area contributed by atoms with Crippen LogP contribution in [0.5, 0.6) is 0 Å². The van der Waals surface area contributed by atoms with Crippen molar-refractivity contribution in [3.05, 3.63) is 20.8 Å². The predicted molar refractivity (Wildman–Crippen MR) is 77.4 cm³/mol. The first-order chi connectivity index (χ1) is 8.19. The number of aliphatic hydroxyl groups is 1. The first-order valence-electron chi connectivity index (χ1n) is 5.94. The molecule has 1 aromatic rings. The van der Waals surface area contributed by atoms with E-state index in [1.165, 1.54) is 4.88 Å². The van der Waals surface area contributed by atoms with Crippen LogP contribution in [-0.4, -0.2) is 36.8 Å². The molecular weight excluding hydrogens is 300 g/mol. The second-order valence-electron chi connectivity index (χ2n) is 4.18. The zero-order valence-corrected chi connectivity index (χ0v) is 12.6. The number of rotatable bonds is 8. The summed E-state index contributed by atoms with van der Waals surface area (Å²) in [5.74, 6) is 0. The highest BCUT2D eigenvalue weighted by Crippen LogP contribution is 2.28. The molecule has 0 amide bonds. The SMILES string of the molecule is CN(CCCCCO)C(CN)c1cc(Br)cs1. The Hall–Kier alpha value is 0.0600. The lowest BCUT2D eigenvalue weighted by Gasteiger charge is -2.26. The molecule has 0 aliphatic rings. The molecule has 0 aromatic carbocycles. The van der Waals surface area contributed by atoms with Gasteiger partial charge in [-0.15, -0.1) is 11.3 Å². The van der Waals surface area contributed by atoms with Gasteiger partial charge in [0.25, 0.3) is 0 Å². The van der Waals surface area contributed by atoms with Crippen LogP contribution in [0.25, 0.3) is 0 Å². The molecule has 1 rings (SSSR count). The molecule has 0 saturated carbocycles. The van der Waals surface area contributed by atoms with E-state index in [-0.39, 0.29) is 0 Å². The number of aliphatic hydroxyl groups excluding tert-OH is 1. The van der Waals surface area contributed by atoms with Gasteiger partial charge in [0.05, 0.1) is 6.04 Å². The summed E-state index contributed by atoms with van der Waals surface area (Å²) in [5, 5.41) is 10.8. The number of likely N-dealkylation sites (N-methyl/N-ethyl adjacent to an activating group) is 1. The molecule has 3 nitrogen and oxygen atoms in total. The Morgan fingerprint density at radius 2 is 2.24 bits per heavy atom. The number of thiophene rings is 1. The van der Waals surface area contributed by atoms with Crippen molar-refractivity contribution in [2.24, 2.45) is 5.73 Å². The summed E-state index contributed by atoms with van der Waals surface area (Å²) in [5.41, 5.74) is 5.86. The number of nitrogens with two attached hydrogens (primary N) is 1. The monoisotopic (exact) mass is 320 g/mol. The average Bonchev–Trinajstić information content (AvgIpc) is 2.72. The normalized spacial score (nSPS) is 13.2. The molecule has 1 heterocycles. The van der Waals surface area contributed by atoms with Gasteiger partial charge < -0.3 is 10.8 Å². The molecule has 1 atom stereocenters. The summed E-state index contributed by atoms with van der Waals surface area (Å²) >= 11 is 5.22. The summed E-state index contributed by atoms with van der Waals surface area (Å²) in [6.07, 6.45) is 3.08. The molecule has 1 aromatic heterocycles. The quantitative estimate of drug-likeness (QED) is 0.724. The van der Waals surface area contributed by atoms with Gasteiger partial charge >= 0.3 is 0 Å². The first-order valence-corrected chi connectivity index (χ1v) is 7.61. The van der Waals surface area contributed by atoms with Gasteiger partial charge in [0.15, 0.2) is 0 Å². The Morgan fingerprint density at radius 1 is 1.47 bits per heavy atom. The van der Waals surface area contributed by atoms with E-state index < -0.39 is 0 Å². The average molecular weight is 321 g/mol. The second-order valence-corrected chi connectivity index (χ2v) is 6.04. The number of hydrogen-bond donors (Lipinski definition) is 2. The standard InChI is InChI=1S/C12H21BrN2OS/c1-15(5-3-2-4-6-16)11(8-14)12-7-10(13)9-17-12/h7,9,11,16H,2-6,8,14H2,1H3. The molecule has 0 fully saturated rings. The number of hydrogen-bond acceptors (Lipinski definition) is 4. The Kier molecular flexibility index (Phi) is 7.30. The molecule has 1 unspecified atom stereocenters. The van der Waals surface area contributed by atoms with Crippen molar-refractivity contribution in [1.29, 1.82) is 0 Å². The lowest BCUT2D eigenvalue weighted by Crippen LogP contribution is -2.30. The van der Waals surface area contributed by atoms with Crippen LogP contribution >= 0.6 is 27.3 Å². The highest BCUT2D eigenvalue weighted by Gasteiger charge is 2.16. The fourth-order valence-electron chi connectivity index (χ4n) is 1.82. The van der Waals surface area contributed by atoms with Crippen LogP contribution in [0.1, 0.15) is 30.2 Å². The maximum absolute atomic E-state index is 8.73. The van der Waals surface area contributed by atoms with Crippen molar-refractivity contribution < 1.29 is 5.11 Å². The van der Waals surface area contributed by atoms with E-state index >= 15 is 0 Å². The Bertz CT molecular complexity index is 319. The summed E-state index contributed by atoms with van der Waals surface area (Å²) < 4.78 is 1.13. The summed E-state index contributed by atoms with van der Waals surface area (Å²) in [4.78, 5) is 3.61. The minimum atomic E-state index is 0.294. The highest BCUT2D eigenvalue weighted by atomic mass is 79.9. The van der Waals surface area contributed by atoms with Crippen LogP contribution in [0.4, 0.5) is 0 Å². The van der Waals surface area contributed by atoms with Crippen molar-refractivity contribution in [1.82, 2.24) is 4.90 Å². The van der Waals surface area contributed by atoms with Gasteiger partial charge in [-0.3, -0.25) is 4.90 Å². The molecule has 0 bridgehead atoms. The summed E-state index contributed by atoms with van der Waals surface area (Å²) in [7, 11) is 2.12. The fraction of sp³-hybridized carbons (Fsp3) is 0.667. The van der Waals surface area contributed by atoms with Crippen LogP contribution < -0.4 is 5.73 Å². The molecule has 0 saturated heterocycles. The van der Waals surface area contributed by atoms with Crippen LogP contribution in [0.2, 0.25) is 0 Å². The van der Waals surface area contributed by atoms with E-state index in [4.69, 9.17) is 10.8 Å². The van der Waals surface area contributed by atoms with Crippen molar-refractivity contribution in [2.75, 3.05) is 26.7 Å². The zero-order chi connectivity index (χ0) is 12.7. The van der Waals surface area contributed by atoms with Crippen LogP contribution in [0, 0.1) is 0 Å². The number of halogens is 1. The fourth-order valence-corrected chi connectivity index (χ4v) is 3.45. The maximum Gasteiger partial charge on any atom is 0.0562 e. The van der Waals surface area contributed by atoms with Gasteiger partial charge in [0.1, 0.15) is 0 Å². The smallest absolute Gasteiger partial charge is 0.0562 e. The van der Waals surface area contributed by atoms with E-state index in [0.29, 0.717) is 19.2 Å². The Morgan fingerprint density at radius 3 is 2.76 bits per heavy atom. The van der Waals surface area contributed by atoms with Gasteiger partial charge in [-0.1, -0.05) is 0 Å². The molecular formula is C12H21BrN2OS. The van der Waals surface area contributed by atoms with E-state index in [0.717, 1.165) is 30.3 Å². The lowest BCUT2D eigenvalue weighted by atomic mass is 10.2. The zero-order valence-electron chi connectivity index (χ0n) is 10.2. The molecule has 3 N–H and O–H groups in total. The van der Waals surface area contributed by atoms with Crippen LogP contribution in [0.15, 0.2) is 15.9 Å². The molecule has 5 heteroatoms. The Balaban J connectivity index is 2.44. The molecule has 0 spiro atoms. The van der Waals surface area contributed by atoms with Crippen LogP contribution in [0.3, 0.4) is 0 Å². The van der Waals surface area contributed by atoms with Gasteiger partial charge in [0.2, 0.25) is 0 Å². The Labute approximate surface area is 116 Å². The van der Waals surface area contributed by atoms with E-state index in [1.807, 2.05) is 0 Å². The van der Waals surface area contributed by atoms with Crippen LogP contribution in [-0.2, 0) is 0 Å². The topological polar surface area (TPSA) is 49.5 Å². The summed E-state index contributed by atoms with van der Waals surface area (Å²) in [6, 6.07) is 2.45. The number of nitrogens with zero attached hydrogens (tertiary/aromatic N) is 1. The van der Waals surface area contributed by atoms with Gasteiger partial charge in [-0.05, 0) is 54.9 Å². The first kappa shape index (κ1) is 15.1. The minimum Gasteiger partial charge on any atom is -0.396 e.